The second kappa shape index (κ2) is 8.94. The van der Waals surface area contributed by atoms with Crippen molar-refractivity contribution in [2.45, 2.75) is 20.0 Å². The number of hydrogen-bond acceptors (Lipinski definition) is 4. The molecule has 0 atom stereocenters. The van der Waals surface area contributed by atoms with E-state index in [1.165, 1.54) is 0 Å². The largest absolute Gasteiger partial charge is 0.493 e. The molecule has 2 aromatic carbocycles. The molecule has 0 aliphatic heterocycles. The van der Waals surface area contributed by atoms with E-state index in [1.54, 1.807) is 26.5 Å². The van der Waals surface area contributed by atoms with Crippen molar-refractivity contribution < 1.29 is 14.3 Å². The second-order valence-electron chi connectivity index (χ2n) is 6.35. The maximum atomic E-state index is 12.3. The molecular formula is C21H24N4O3. The van der Waals surface area contributed by atoms with Crippen molar-refractivity contribution in [1.29, 1.82) is 0 Å². The molecule has 0 radical (unpaired) electrons. The van der Waals surface area contributed by atoms with Crippen molar-refractivity contribution in [3.05, 3.63) is 71.5 Å². The lowest BCUT2D eigenvalue weighted by Crippen LogP contribution is -2.28. The van der Waals surface area contributed by atoms with E-state index in [0.717, 1.165) is 16.7 Å². The van der Waals surface area contributed by atoms with E-state index in [1.807, 2.05) is 48.1 Å². The Labute approximate surface area is 164 Å². The number of aromatic nitrogens is 2. The molecular weight excluding hydrogens is 356 g/mol. The minimum absolute atomic E-state index is 0.284. The number of ether oxygens (including phenoxy) is 2. The second-order valence-corrected chi connectivity index (χ2v) is 6.35. The van der Waals surface area contributed by atoms with Crippen LogP contribution in [0.4, 0.5) is 10.5 Å². The molecule has 0 spiro atoms. The van der Waals surface area contributed by atoms with Gasteiger partial charge in [0.15, 0.2) is 11.5 Å². The average Bonchev–Trinajstić information content (AvgIpc) is 3.21. The molecule has 0 bridgehead atoms. The number of nitrogens with one attached hydrogen (secondary N) is 2. The lowest BCUT2D eigenvalue weighted by atomic mass is 10.1. The molecule has 0 unspecified atom stereocenters. The Morgan fingerprint density at radius 1 is 1.07 bits per heavy atom. The quantitative estimate of drug-likeness (QED) is 0.657. The third kappa shape index (κ3) is 4.82. The highest BCUT2D eigenvalue weighted by molar-refractivity contribution is 5.90. The zero-order valence-electron chi connectivity index (χ0n) is 16.2. The molecule has 7 heteroatoms. The van der Waals surface area contributed by atoms with Gasteiger partial charge in [-0.25, -0.2) is 4.79 Å². The summed E-state index contributed by atoms with van der Waals surface area (Å²) in [6.45, 7) is 3.01. The number of carbonyl (C=O) groups is 1. The highest BCUT2D eigenvalue weighted by Crippen LogP contribution is 2.32. The Bertz CT molecular complexity index is 939. The van der Waals surface area contributed by atoms with Gasteiger partial charge in [-0.1, -0.05) is 24.3 Å². The van der Waals surface area contributed by atoms with Crippen LogP contribution in [0.2, 0.25) is 0 Å². The number of aryl methyl sites for hydroxylation is 1. The van der Waals surface area contributed by atoms with Crippen LogP contribution < -0.4 is 20.1 Å². The van der Waals surface area contributed by atoms with Crippen LogP contribution in [-0.2, 0) is 13.1 Å². The van der Waals surface area contributed by atoms with E-state index < -0.39 is 0 Å². The summed E-state index contributed by atoms with van der Waals surface area (Å²) in [4.78, 5) is 12.3. The number of benzene rings is 2. The molecule has 0 saturated heterocycles. The minimum Gasteiger partial charge on any atom is -0.493 e. The smallest absolute Gasteiger partial charge is 0.319 e. The van der Waals surface area contributed by atoms with E-state index in [2.05, 4.69) is 21.8 Å². The summed E-state index contributed by atoms with van der Waals surface area (Å²) in [6, 6.07) is 13.2. The van der Waals surface area contributed by atoms with Gasteiger partial charge in [0.2, 0.25) is 0 Å². The fourth-order valence-electron chi connectivity index (χ4n) is 2.88. The summed E-state index contributed by atoms with van der Waals surface area (Å²) in [6.07, 6.45) is 3.68. The molecule has 0 fully saturated rings. The number of amides is 2. The molecule has 3 rings (SSSR count). The fraction of sp³-hybridized carbons (Fsp3) is 0.238. The van der Waals surface area contributed by atoms with Crippen molar-refractivity contribution in [2.24, 2.45) is 0 Å². The number of methoxy groups -OCH3 is 2. The van der Waals surface area contributed by atoms with Gasteiger partial charge in [-0.2, -0.15) is 5.10 Å². The van der Waals surface area contributed by atoms with Crippen LogP contribution in [0.5, 0.6) is 11.5 Å². The van der Waals surface area contributed by atoms with Gasteiger partial charge in [0.05, 0.1) is 20.8 Å². The molecule has 2 N–H and O–H groups in total. The van der Waals surface area contributed by atoms with Crippen molar-refractivity contribution in [3.63, 3.8) is 0 Å². The van der Waals surface area contributed by atoms with Crippen molar-refractivity contribution >= 4 is 11.7 Å². The van der Waals surface area contributed by atoms with Crippen LogP contribution in [0, 0.1) is 6.92 Å². The summed E-state index contributed by atoms with van der Waals surface area (Å²) in [5, 5.41) is 9.95. The Morgan fingerprint density at radius 3 is 2.54 bits per heavy atom. The first-order chi connectivity index (χ1) is 13.6. The van der Waals surface area contributed by atoms with Gasteiger partial charge in [0, 0.05) is 30.7 Å². The normalized spacial score (nSPS) is 10.4. The molecule has 3 aromatic rings. The summed E-state index contributed by atoms with van der Waals surface area (Å²) < 4.78 is 12.4. The first kappa shape index (κ1) is 19.3. The summed E-state index contributed by atoms with van der Waals surface area (Å²) in [7, 11) is 3.14. The summed E-state index contributed by atoms with van der Waals surface area (Å²) in [5.41, 5.74) is 3.69. The van der Waals surface area contributed by atoms with Crippen LogP contribution in [0.15, 0.2) is 54.9 Å². The van der Waals surface area contributed by atoms with Gasteiger partial charge in [0.1, 0.15) is 0 Å². The number of rotatable bonds is 7. The number of hydrogen-bond donors (Lipinski definition) is 2. The average molecular weight is 380 g/mol. The summed E-state index contributed by atoms with van der Waals surface area (Å²) >= 11 is 0. The molecule has 7 nitrogen and oxygen atoms in total. The molecule has 146 valence electrons. The third-order valence-electron chi connectivity index (χ3n) is 4.33. The van der Waals surface area contributed by atoms with E-state index in [4.69, 9.17) is 9.47 Å². The van der Waals surface area contributed by atoms with Crippen LogP contribution in [0.1, 0.15) is 16.7 Å². The third-order valence-corrected chi connectivity index (χ3v) is 4.33. The highest BCUT2D eigenvalue weighted by atomic mass is 16.5. The van der Waals surface area contributed by atoms with Crippen molar-refractivity contribution in [1.82, 2.24) is 15.1 Å². The lowest BCUT2D eigenvalue weighted by Gasteiger charge is -2.14. The number of anilines is 1. The van der Waals surface area contributed by atoms with Gasteiger partial charge in [-0.15, -0.1) is 0 Å². The van der Waals surface area contributed by atoms with Gasteiger partial charge in [-0.3, -0.25) is 4.68 Å². The van der Waals surface area contributed by atoms with Crippen LogP contribution in [-0.4, -0.2) is 30.0 Å². The molecule has 28 heavy (non-hydrogen) atoms. The Kier molecular flexibility index (Phi) is 6.16. The van der Waals surface area contributed by atoms with Crippen LogP contribution in [0.25, 0.3) is 0 Å². The van der Waals surface area contributed by atoms with Gasteiger partial charge < -0.3 is 20.1 Å². The van der Waals surface area contributed by atoms with Gasteiger partial charge in [-0.05, 0) is 35.7 Å². The van der Waals surface area contributed by atoms with Gasteiger partial charge >= 0.3 is 6.03 Å². The predicted octanol–water partition coefficient (Wildman–Crippen LogP) is 3.58. The molecule has 0 saturated carbocycles. The van der Waals surface area contributed by atoms with E-state index in [9.17, 15) is 4.79 Å². The van der Waals surface area contributed by atoms with Gasteiger partial charge in [0.25, 0.3) is 0 Å². The lowest BCUT2D eigenvalue weighted by molar-refractivity contribution is 0.251. The molecule has 2 amide bonds. The molecule has 0 aliphatic rings. The Hall–Kier alpha value is -3.48. The SMILES string of the molecule is COc1cc(C)c(NC(=O)NCc2cccc(Cn3cccn3)c2)cc1OC. The number of carbonyl (C=O) groups excluding carboxylic acids is 1. The zero-order valence-corrected chi connectivity index (χ0v) is 16.2. The Balaban J connectivity index is 1.60. The zero-order chi connectivity index (χ0) is 19.9. The first-order valence-corrected chi connectivity index (χ1v) is 8.91. The van der Waals surface area contributed by atoms with Crippen LogP contribution >= 0.6 is 0 Å². The van der Waals surface area contributed by atoms with Crippen molar-refractivity contribution in [3.8, 4) is 11.5 Å². The minimum atomic E-state index is -0.284. The number of nitrogens with zero attached hydrogens (tertiary/aromatic N) is 2. The highest BCUT2D eigenvalue weighted by Gasteiger charge is 2.11. The maximum absolute atomic E-state index is 12.3. The topological polar surface area (TPSA) is 77.4 Å². The molecule has 1 heterocycles. The summed E-state index contributed by atoms with van der Waals surface area (Å²) in [5.74, 6) is 1.19. The maximum Gasteiger partial charge on any atom is 0.319 e. The molecule has 0 aliphatic carbocycles. The first-order valence-electron chi connectivity index (χ1n) is 8.91. The van der Waals surface area contributed by atoms with Crippen molar-refractivity contribution in [2.75, 3.05) is 19.5 Å². The monoisotopic (exact) mass is 380 g/mol. The number of urea groups is 1. The van der Waals surface area contributed by atoms with E-state index in [0.29, 0.717) is 30.3 Å². The predicted molar refractivity (Wildman–Crippen MR) is 108 cm³/mol. The standard InChI is InChI=1S/C21H24N4O3/c1-15-10-19(27-2)20(28-3)12-18(15)24-21(26)22-13-16-6-4-7-17(11-16)14-25-9-5-8-23-25/h4-12H,13-14H2,1-3H3,(H2,22,24,26). The van der Waals surface area contributed by atoms with E-state index in [-0.39, 0.29) is 6.03 Å². The molecule has 1 aromatic heterocycles. The fourth-order valence-corrected chi connectivity index (χ4v) is 2.88. The van der Waals surface area contributed by atoms with E-state index >= 15 is 0 Å². The van der Waals surface area contributed by atoms with Crippen LogP contribution in [0.3, 0.4) is 0 Å². The Morgan fingerprint density at radius 2 is 1.82 bits per heavy atom.